The van der Waals surface area contributed by atoms with E-state index in [0.29, 0.717) is 0 Å². The average Bonchev–Trinajstić information content (AvgIpc) is 2.30. The summed E-state index contributed by atoms with van der Waals surface area (Å²) in [6.45, 7) is 2.89. The summed E-state index contributed by atoms with van der Waals surface area (Å²) in [5.41, 5.74) is -0.354. The molecule has 0 unspecified atom stereocenters. The highest BCUT2D eigenvalue weighted by Gasteiger charge is 2.09. The van der Waals surface area contributed by atoms with Crippen molar-refractivity contribution in [2.75, 3.05) is 0 Å². The van der Waals surface area contributed by atoms with Crippen molar-refractivity contribution in [3.63, 3.8) is 0 Å². The van der Waals surface area contributed by atoms with Crippen LogP contribution in [0.25, 0.3) is 0 Å². The van der Waals surface area contributed by atoms with E-state index in [1.165, 1.54) is 4.57 Å². The summed E-state index contributed by atoms with van der Waals surface area (Å²) in [5, 5.41) is 5.69. The van der Waals surface area contributed by atoms with Crippen LogP contribution in [0.15, 0.2) is 4.79 Å². The molecule has 0 amide bonds. The first-order chi connectivity index (χ1) is 5.16. The van der Waals surface area contributed by atoms with E-state index in [4.69, 9.17) is 0 Å². The SMILES string of the molecule is CC(C)n1c(CF)n[nH]c1=O. The summed E-state index contributed by atoms with van der Waals surface area (Å²) < 4.78 is 13.4. The summed E-state index contributed by atoms with van der Waals surface area (Å²) in [6, 6.07) is -0.0491. The highest BCUT2D eigenvalue weighted by molar-refractivity contribution is 4.85. The van der Waals surface area contributed by atoms with Gasteiger partial charge >= 0.3 is 5.69 Å². The first-order valence-corrected chi connectivity index (χ1v) is 3.38. The maximum absolute atomic E-state index is 12.1. The molecule has 0 aliphatic rings. The van der Waals surface area contributed by atoms with Crippen molar-refractivity contribution in [2.45, 2.75) is 26.6 Å². The Kier molecular flexibility index (Phi) is 2.07. The molecular weight excluding hydrogens is 149 g/mol. The summed E-state index contributed by atoms with van der Waals surface area (Å²) >= 11 is 0. The highest BCUT2D eigenvalue weighted by atomic mass is 19.1. The smallest absolute Gasteiger partial charge is 0.274 e. The van der Waals surface area contributed by atoms with Gasteiger partial charge in [-0.3, -0.25) is 4.57 Å². The first kappa shape index (κ1) is 7.97. The largest absolute Gasteiger partial charge is 0.343 e. The molecule has 0 saturated carbocycles. The van der Waals surface area contributed by atoms with Gasteiger partial charge in [-0.05, 0) is 13.8 Å². The summed E-state index contributed by atoms with van der Waals surface area (Å²) in [5.74, 6) is 0.157. The molecule has 1 aromatic heterocycles. The minimum Gasteiger partial charge on any atom is -0.274 e. The average molecular weight is 159 g/mol. The Morgan fingerprint density at radius 1 is 1.73 bits per heavy atom. The van der Waals surface area contributed by atoms with Crippen LogP contribution in [0, 0.1) is 0 Å². The normalized spacial score (nSPS) is 10.9. The first-order valence-electron chi connectivity index (χ1n) is 3.38. The van der Waals surface area contributed by atoms with Crippen LogP contribution in [0.1, 0.15) is 25.7 Å². The number of aromatic amines is 1. The van der Waals surface area contributed by atoms with Gasteiger partial charge in [0, 0.05) is 6.04 Å². The number of aromatic nitrogens is 3. The van der Waals surface area contributed by atoms with Crippen molar-refractivity contribution in [1.82, 2.24) is 14.8 Å². The molecule has 1 heterocycles. The lowest BCUT2D eigenvalue weighted by Gasteiger charge is -2.05. The molecule has 0 aliphatic heterocycles. The molecule has 62 valence electrons. The molecule has 1 aromatic rings. The zero-order valence-electron chi connectivity index (χ0n) is 6.47. The molecule has 11 heavy (non-hydrogen) atoms. The number of halogens is 1. The topological polar surface area (TPSA) is 50.7 Å². The van der Waals surface area contributed by atoms with Crippen molar-refractivity contribution in [3.8, 4) is 0 Å². The van der Waals surface area contributed by atoms with Crippen LogP contribution >= 0.6 is 0 Å². The Hall–Kier alpha value is -1.13. The highest BCUT2D eigenvalue weighted by Crippen LogP contribution is 2.03. The number of nitrogens with one attached hydrogen (secondary N) is 1. The number of hydrogen-bond donors (Lipinski definition) is 1. The van der Waals surface area contributed by atoms with E-state index in [1.807, 2.05) is 0 Å². The van der Waals surface area contributed by atoms with Crippen LogP contribution < -0.4 is 5.69 Å². The molecule has 0 spiro atoms. The number of nitrogens with zero attached hydrogens (tertiary/aromatic N) is 2. The fourth-order valence-electron chi connectivity index (χ4n) is 0.964. The minimum atomic E-state index is -0.711. The van der Waals surface area contributed by atoms with E-state index in [1.54, 1.807) is 13.8 Å². The van der Waals surface area contributed by atoms with Gasteiger partial charge in [0.15, 0.2) is 5.82 Å². The predicted octanol–water partition coefficient (Wildman–Crippen LogP) is 0.622. The van der Waals surface area contributed by atoms with E-state index in [2.05, 4.69) is 10.2 Å². The molecule has 5 heteroatoms. The fourth-order valence-corrected chi connectivity index (χ4v) is 0.964. The zero-order valence-corrected chi connectivity index (χ0v) is 6.47. The van der Waals surface area contributed by atoms with Gasteiger partial charge in [-0.1, -0.05) is 0 Å². The van der Waals surface area contributed by atoms with E-state index in [9.17, 15) is 9.18 Å². The maximum Gasteiger partial charge on any atom is 0.343 e. The summed E-state index contributed by atoms with van der Waals surface area (Å²) in [7, 11) is 0. The summed E-state index contributed by atoms with van der Waals surface area (Å²) in [4.78, 5) is 10.9. The third-order valence-electron chi connectivity index (χ3n) is 1.41. The second kappa shape index (κ2) is 2.86. The zero-order chi connectivity index (χ0) is 8.43. The van der Waals surface area contributed by atoms with Crippen LogP contribution in [-0.2, 0) is 6.67 Å². The molecule has 0 bridgehead atoms. The monoisotopic (exact) mass is 159 g/mol. The quantitative estimate of drug-likeness (QED) is 0.687. The number of rotatable bonds is 2. The van der Waals surface area contributed by atoms with Crippen molar-refractivity contribution in [1.29, 1.82) is 0 Å². The Balaban J connectivity index is 3.18. The van der Waals surface area contributed by atoms with E-state index in [0.717, 1.165) is 0 Å². The van der Waals surface area contributed by atoms with Crippen LogP contribution in [0.4, 0.5) is 4.39 Å². The van der Waals surface area contributed by atoms with Gasteiger partial charge in [0.05, 0.1) is 0 Å². The van der Waals surface area contributed by atoms with E-state index in [-0.39, 0.29) is 17.6 Å². The van der Waals surface area contributed by atoms with Gasteiger partial charge in [-0.25, -0.2) is 14.3 Å². The molecule has 4 nitrogen and oxygen atoms in total. The van der Waals surface area contributed by atoms with Gasteiger partial charge in [-0.15, -0.1) is 0 Å². The summed E-state index contributed by atoms with van der Waals surface area (Å²) in [6.07, 6.45) is 0. The standard InChI is InChI=1S/C6H10FN3O/c1-4(2)10-5(3-7)8-9-6(10)11/h4H,3H2,1-2H3,(H,9,11). The van der Waals surface area contributed by atoms with Crippen molar-refractivity contribution in [2.24, 2.45) is 0 Å². The van der Waals surface area contributed by atoms with Gasteiger partial charge in [-0.2, -0.15) is 5.10 Å². The lowest BCUT2D eigenvalue weighted by Crippen LogP contribution is -2.20. The lowest BCUT2D eigenvalue weighted by atomic mass is 10.4. The van der Waals surface area contributed by atoms with Crippen LogP contribution in [0.5, 0.6) is 0 Å². The van der Waals surface area contributed by atoms with Crippen LogP contribution in [-0.4, -0.2) is 14.8 Å². The Labute approximate surface area is 63.0 Å². The maximum atomic E-state index is 12.1. The second-order valence-electron chi connectivity index (χ2n) is 2.54. The lowest BCUT2D eigenvalue weighted by molar-refractivity contribution is 0.429. The molecule has 0 radical (unpaired) electrons. The Bertz CT molecular complexity index is 288. The van der Waals surface area contributed by atoms with Crippen molar-refractivity contribution < 1.29 is 4.39 Å². The van der Waals surface area contributed by atoms with Crippen molar-refractivity contribution in [3.05, 3.63) is 16.3 Å². The fraction of sp³-hybridized carbons (Fsp3) is 0.667. The molecule has 0 atom stereocenters. The van der Waals surface area contributed by atoms with E-state index >= 15 is 0 Å². The predicted molar refractivity (Wildman–Crippen MR) is 38.0 cm³/mol. The van der Waals surface area contributed by atoms with Gasteiger partial charge < -0.3 is 0 Å². The molecule has 1 rings (SSSR count). The third-order valence-corrected chi connectivity index (χ3v) is 1.41. The van der Waals surface area contributed by atoms with Gasteiger partial charge in [0.25, 0.3) is 0 Å². The number of hydrogen-bond acceptors (Lipinski definition) is 2. The van der Waals surface area contributed by atoms with Gasteiger partial charge in [0.1, 0.15) is 6.67 Å². The van der Waals surface area contributed by atoms with Crippen LogP contribution in [0.2, 0.25) is 0 Å². The number of alkyl halides is 1. The van der Waals surface area contributed by atoms with Gasteiger partial charge in [0.2, 0.25) is 0 Å². The van der Waals surface area contributed by atoms with E-state index < -0.39 is 6.67 Å². The van der Waals surface area contributed by atoms with Crippen LogP contribution in [0.3, 0.4) is 0 Å². The number of H-pyrrole nitrogens is 1. The minimum absolute atomic E-state index is 0.0491. The molecule has 0 saturated heterocycles. The molecule has 0 fully saturated rings. The van der Waals surface area contributed by atoms with Crippen molar-refractivity contribution >= 4 is 0 Å². The molecule has 0 aliphatic carbocycles. The second-order valence-corrected chi connectivity index (χ2v) is 2.54. The molecule has 0 aromatic carbocycles. The Morgan fingerprint density at radius 2 is 2.36 bits per heavy atom. The molecular formula is C6H10FN3O. The third kappa shape index (κ3) is 1.31. The molecule has 1 N–H and O–H groups in total. The Morgan fingerprint density at radius 3 is 2.73 bits per heavy atom.